The highest BCUT2D eigenvalue weighted by atomic mass is 16.3. The second-order valence-electron chi connectivity index (χ2n) is 4.72. The average molecular weight is 221 g/mol. The van der Waals surface area contributed by atoms with Gasteiger partial charge in [0.25, 0.3) is 0 Å². The van der Waals surface area contributed by atoms with Crippen molar-refractivity contribution in [2.24, 2.45) is 0 Å². The van der Waals surface area contributed by atoms with Crippen LogP contribution in [-0.4, -0.2) is 23.3 Å². The summed E-state index contributed by atoms with van der Waals surface area (Å²) in [5.74, 6) is 1.31. The summed E-state index contributed by atoms with van der Waals surface area (Å²) in [5.41, 5.74) is 0. The summed E-state index contributed by atoms with van der Waals surface area (Å²) in [6.45, 7) is 5.34. The van der Waals surface area contributed by atoms with Crippen LogP contribution >= 0.6 is 0 Å². The zero-order valence-corrected chi connectivity index (χ0v) is 9.98. The Kier molecular flexibility index (Phi) is 3.44. The van der Waals surface area contributed by atoms with Gasteiger partial charge in [-0.3, -0.25) is 9.69 Å². The van der Waals surface area contributed by atoms with E-state index in [1.165, 1.54) is 19.3 Å². The fourth-order valence-electron chi connectivity index (χ4n) is 2.51. The molecule has 1 aliphatic heterocycles. The number of hydrogen-bond donors (Lipinski definition) is 0. The first-order valence-corrected chi connectivity index (χ1v) is 6.00. The Morgan fingerprint density at radius 2 is 2.06 bits per heavy atom. The molecule has 0 unspecified atom stereocenters. The zero-order valence-electron chi connectivity index (χ0n) is 9.98. The Hall–Kier alpha value is -1.09. The molecule has 2 atom stereocenters. The highest BCUT2D eigenvalue weighted by molar-refractivity contribution is 5.70. The third-order valence-corrected chi connectivity index (χ3v) is 3.51. The normalized spacial score (nSPS) is 26.9. The predicted octanol–water partition coefficient (Wildman–Crippen LogP) is 2.86. The van der Waals surface area contributed by atoms with Crippen LogP contribution in [0.3, 0.4) is 0 Å². The van der Waals surface area contributed by atoms with Gasteiger partial charge in [0.2, 0.25) is 0 Å². The Morgan fingerprint density at radius 1 is 1.38 bits per heavy atom. The van der Waals surface area contributed by atoms with Gasteiger partial charge in [0, 0.05) is 12.1 Å². The largest absolute Gasteiger partial charge is 0.457 e. The quantitative estimate of drug-likeness (QED) is 0.736. The molecule has 0 aliphatic carbocycles. The molecule has 0 N–H and O–H groups in total. The number of aldehydes is 1. The molecule has 3 nitrogen and oxygen atoms in total. The van der Waals surface area contributed by atoms with Crippen LogP contribution in [0.2, 0.25) is 0 Å². The lowest BCUT2D eigenvalue weighted by Crippen LogP contribution is -2.42. The van der Waals surface area contributed by atoms with Crippen LogP contribution < -0.4 is 0 Å². The number of likely N-dealkylation sites (tertiary alicyclic amines) is 1. The van der Waals surface area contributed by atoms with Gasteiger partial charge in [0.05, 0.1) is 6.54 Å². The van der Waals surface area contributed by atoms with Gasteiger partial charge in [0.1, 0.15) is 5.76 Å². The molecule has 0 amide bonds. The molecule has 0 aromatic carbocycles. The molecular formula is C13H19NO2. The minimum atomic E-state index is 0.423. The van der Waals surface area contributed by atoms with Gasteiger partial charge in [-0.25, -0.2) is 0 Å². The van der Waals surface area contributed by atoms with E-state index in [9.17, 15) is 4.79 Å². The monoisotopic (exact) mass is 221 g/mol. The topological polar surface area (TPSA) is 33.5 Å². The minimum Gasteiger partial charge on any atom is -0.457 e. The number of nitrogens with zero attached hydrogens (tertiary/aromatic N) is 1. The van der Waals surface area contributed by atoms with Crippen LogP contribution in [0.1, 0.15) is 49.4 Å². The summed E-state index contributed by atoms with van der Waals surface area (Å²) >= 11 is 0. The minimum absolute atomic E-state index is 0.423. The fraction of sp³-hybridized carbons (Fsp3) is 0.615. The molecule has 1 aromatic heterocycles. The van der Waals surface area contributed by atoms with E-state index in [0.29, 0.717) is 17.8 Å². The second-order valence-corrected chi connectivity index (χ2v) is 4.72. The van der Waals surface area contributed by atoms with E-state index in [2.05, 4.69) is 18.7 Å². The Morgan fingerprint density at radius 3 is 2.62 bits per heavy atom. The molecule has 16 heavy (non-hydrogen) atoms. The van der Waals surface area contributed by atoms with Crippen molar-refractivity contribution in [3.63, 3.8) is 0 Å². The van der Waals surface area contributed by atoms with Gasteiger partial charge < -0.3 is 4.42 Å². The zero-order chi connectivity index (χ0) is 11.5. The highest BCUT2D eigenvalue weighted by Gasteiger charge is 2.25. The van der Waals surface area contributed by atoms with E-state index in [-0.39, 0.29) is 0 Å². The first-order chi connectivity index (χ1) is 7.70. The maximum Gasteiger partial charge on any atom is 0.185 e. The molecule has 1 aliphatic rings. The summed E-state index contributed by atoms with van der Waals surface area (Å²) < 4.78 is 5.42. The molecule has 0 spiro atoms. The molecule has 2 heterocycles. The molecular weight excluding hydrogens is 202 g/mol. The summed E-state index contributed by atoms with van der Waals surface area (Å²) in [4.78, 5) is 13.0. The molecule has 1 saturated heterocycles. The Labute approximate surface area is 96.4 Å². The van der Waals surface area contributed by atoms with Crippen molar-refractivity contribution in [2.45, 2.75) is 51.7 Å². The van der Waals surface area contributed by atoms with Crippen molar-refractivity contribution < 1.29 is 9.21 Å². The third-order valence-electron chi connectivity index (χ3n) is 3.51. The molecule has 0 bridgehead atoms. The molecule has 2 rings (SSSR count). The average Bonchev–Trinajstić information content (AvgIpc) is 2.71. The summed E-state index contributed by atoms with van der Waals surface area (Å²) in [6.07, 6.45) is 4.58. The number of rotatable bonds is 3. The van der Waals surface area contributed by atoms with Crippen molar-refractivity contribution in [1.82, 2.24) is 4.90 Å². The van der Waals surface area contributed by atoms with E-state index in [4.69, 9.17) is 4.42 Å². The van der Waals surface area contributed by atoms with Crippen LogP contribution in [-0.2, 0) is 6.54 Å². The lowest BCUT2D eigenvalue weighted by atomic mass is 9.97. The number of carbonyl (C=O) groups is 1. The first kappa shape index (κ1) is 11.4. The van der Waals surface area contributed by atoms with Gasteiger partial charge in [0.15, 0.2) is 12.0 Å². The van der Waals surface area contributed by atoms with Crippen molar-refractivity contribution >= 4 is 6.29 Å². The number of piperidine rings is 1. The lowest BCUT2D eigenvalue weighted by Gasteiger charge is -2.38. The summed E-state index contributed by atoms with van der Waals surface area (Å²) in [6, 6.07) is 4.85. The number of hydrogen-bond acceptors (Lipinski definition) is 3. The molecule has 1 fully saturated rings. The van der Waals surface area contributed by atoms with Gasteiger partial charge in [-0.15, -0.1) is 0 Å². The molecule has 3 heteroatoms. The first-order valence-electron chi connectivity index (χ1n) is 6.00. The summed E-state index contributed by atoms with van der Waals surface area (Å²) in [5, 5.41) is 0. The van der Waals surface area contributed by atoms with Gasteiger partial charge in [-0.05, 0) is 38.8 Å². The van der Waals surface area contributed by atoms with Crippen molar-refractivity contribution in [2.75, 3.05) is 0 Å². The molecule has 0 radical (unpaired) electrons. The Bertz CT molecular complexity index is 349. The van der Waals surface area contributed by atoms with E-state index in [1.807, 2.05) is 6.07 Å². The highest BCUT2D eigenvalue weighted by Crippen LogP contribution is 2.24. The van der Waals surface area contributed by atoms with Crippen LogP contribution in [0.4, 0.5) is 0 Å². The molecule has 0 saturated carbocycles. The standard InChI is InChI=1S/C13H19NO2/c1-10-4-3-5-11(2)14(10)8-12-6-7-13(9-15)16-12/h6-7,9-11H,3-5,8H2,1-2H3/t10-,11+. The summed E-state index contributed by atoms with van der Waals surface area (Å²) in [7, 11) is 0. The van der Waals surface area contributed by atoms with E-state index < -0.39 is 0 Å². The second kappa shape index (κ2) is 4.83. The maximum absolute atomic E-state index is 10.5. The van der Waals surface area contributed by atoms with E-state index in [0.717, 1.165) is 18.6 Å². The Balaban J connectivity index is 2.04. The van der Waals surface area contributed by atoms with E-state index >= 15 is 0 Å². The van der Waals surface area contributed by atoms with Crippen LogP contribution in [0.25, 0.3) is 0 Å². The maximum atomic E-state index is 10.5. The van der Waals surface area contributed by atoms with Crippen LogP contribution in [0, 0.1) is 0 Å². The van der Waals surface area contributed by atoms with Crippen LogP contribution in [0.15, 0.2) is 16.5 Å². The van der Waals surface area contributed by atoms with E-state index in [1.54, 1.807) is 6.07 Å². The van der Waals surface area contributed by atoms with Gasteiger partial charge in [-0.2, -0.15) is 0 Å². The third kappa shape index (κ3) is 2.35. The lowest BCUT2D eigenvalue weighted by molar-refractivity contribution is 0.0862. The SMILES string of the molecule is C[C@@H]1CCC[C@H](C)N1Cc1ccc(C=O)o1. The van der Waals surface area contributed by atoms with Gasteiger partial charge in [-0.1, -0.05) is 6.42 Å². The van der Waals surface area contributed by atoms with Crippen molar-refractivity contribution in [1.29, 1.82) is 0 Å². The van der Waals surface area contributed by atoms with Gasteiger partial charge >= 0.3 is 0 Å². The fourth-order valence-corrected chi connectivity index (χ4v) is 2.51. The number of furan rings is 1. The predicted molar refractivity (Wildman–Crippen MR) is 62.4 cm³/mol. The number of carbonyl (C=O) groups excluding carboxylic acids is 1. The van der Waals surface area contributed by atoms with Crippen LogP contribution in [0.5, 0.6) is 0 Å². The van der Waals surface area contributed by atoms with Crippen molar-refractivity contribution in [3.05, 3.63) is 23.7 Å². The van der Waals surface area contributed by atoms with Crippen molar-refractivity contribution in [3.8, 4) is 0 Å². The molecule has 88 valence electrons. The molecule has 1 aromatic rings. The smallest absolute Gasteiger partial charge is 0.185 e.